The average Bonchev–Trinajstić information content (AvgIpc) is 2.37. The van der Waals surface area contributed by atoms with E-state index >= 15 is 0 Å². The number of hydrogen-bond donors (Lipinski definition) is 1. The third kappa shape index (κ3) is 3.76. The highest BCUT2D eigenvalue weighted by atomic mass is 79.9. The van der Waals surface area contributed by atoms with Crippen LogP contribution in [0.5, 0.6) is 0 Å². The van der Waals surface area contributed by atoms with Gasteiger partial charge in [-0.1, -0.05) is 15.9 Å². The minimum Gasteiger partial charge on any atom is -0.377 e. The molecule has 2 aromatic carbocycles. The van der Waals surface area contributed by atoms with Crippen molar-refractivity contribution in [1.29, 1.82) is 0 Å². The van der Waals surface area contributed by atoms with E-state index < -0.39 is 16.6 Å². The summed E-state index contributed by atoms with van der Waals surface area (Å²) in [5, 5.41) is 13.7. The highest BCUT2D eigenvalue weighted by molar-refractivity contribution is 9.10. The van der Waals surface area contributed by atoms with E-state index in [0.29, 0.717) is 10.0 Å². The van der Waals surface area contributed by atoms with Crippen molar-refractivity contribution in [2.24, 2.45) is 0 Å². The van der Waals surface area contributed by atoms with Crippen molar-refractivity contribution in [3.8, 4) is 0 Å². The van der Waals surface area contributed by atoms with E-state index in [-0.39, 0.29) is 22.4 Å². The number of nitrogens with one attached hydrogen (secondary N) is 1. The second-order valence-electron chi connectivity index (χ2n) is 4.13. The van der Waals surface area contributed by atoms with Crippen LogP contribution in [0.2, 0.25) is 0 Å². The molecule has 0 aromatic heterocycles. The molecule has 0 saturated heterocycles. The Balaban J connectivity index is 2.28. The maximum atomic E-state index is 13.7. The molecule has 0 aliphatic carbocycles. The van der Waals surface area contributed by atoms with Crippen LogP contribution in [0.1, 0.15) is 5.56 Å². The maximum Gasteiger partial charge on any atom is 0.274 e. The number of halogens is 4. The van der Waals surface area contributed by atoms with Gasteiger partial charge >= 0.3 is 0 Å². The number of rotatable bonds is 4. The van der Waals surface area contributed by atoms with E-state index in [1.807, 2.05) is 0 Å². The van der Waals surface area contributed by atoms with Crippen molar-refractivity contribution < 1.29 is 13.7 Å². The average molecular weight is 422 g/mol. The first-order valence-electron chi connectivity index (χ1n) is 5.69. The van der Waals surface area contributed by atoms with Crippen LogP contribution in [0.4, 0.5) is 20.2 Å². The summed E-state index contributed by atoms with van der Waals surface area (Å²) in [5.74, 6) is -1.49. The first-order chi connectivity index (χ1) is 9.88. The third-order valence-electron chi connectivity index (χ3n) is 2.70. The molecule has 2 rings (SSSR count). The zero-order valence-corrected chi connectivity index (χ0v) is 13.5. The lowest BCUT2D eigenvalue weighted by Crippen LogP contribution is -2.05. The number of nitrogens with zero attached hydrogens (tertiary/aromatic N) is 1. The Kier molecular flexibility index (Phi) is 4.89. The fourth-order valence-electron chi connectivity index (χ4n) is 1.77. The van der Waals surface area contributed by atoms with Crippen molar-refractivity contribution >= 4 is 43.2 Å². The van der Waals surface area contributed by atoms with Gasteiger partial charge in [-0.2, -0.15) is 0 Å². The first kappa shape index (κ1) is 15.8. The van der Waals surface area contributed by atoms with E-state index in [2.05, 4.69) is 37.2 Å². The van der Waals surface area contributed by atoms with Crippen LogP contribution in [0, 0.1) is 21.7 Å². The molecule has 0 bridgehead atoms. The normalized spacial score (nSPS) is 10.5. The van der Waals surface area contributed by atoms with Gasteiger partial charge in [0.05, 0.1) is 10.6 Å². The summed E-state index contributed by atoms with van der Waals surface area (Å²) < 4.78 is 27.6. The molecule has 0 spiro atoms. The number of hydrogen-bond acceptors (Lipinski definition) is 3. The molecule has 0 aliphatic heterocycles. The van der Waals surface area contributed by atoms with Crippen LogP contribution in [0.15, 0.2) is 39.3 Å². The Morgan fingerprint density at radius 1 is 1.19 bits per heavy atom. The molecular formula is C13H8Br2F2N2O2. The monoisotopic (exact) mass is 420 g/mol. The molecule has 2 aromatic rings. The summed E-state index contributed by atoms with van der Waals surface area (Å²) in [7, 11) is 0. The highest BCUT2D eigenvalue weighted by Crippen LogP contribution is 2.29. The number of nitro benzene ring substituents is 1. The fraction of sp³-hybridized carbons (Fsp3) is 0.0769. The van der Waals surface area contributed by atoms with Gasteiger partial charge in [-0.15, -0.1) is 0 Å². The summed E-state index contributed by atoms with van der Waals surface area (Å²) in [6.45, 7) is 0.0247. The SMILES string of the molecule is O=[N+]([O-])c1ccc(Br)cc1CNc1c(F)cc(F)cc1Br. The molecule has 0 heterocycles. The van der Waals surface area contributed by atoms with Crippen LogP contribution in [-0.4, -0.2) is 4.92 Å². The van der Waals surface area contributed by atoms with Gasteiger partial charge in [0.2, 0.25) is 0 Å². The van der Waals surface area contributed by atoms with E-state index in [1.165, 1.54) is 6.07 Å². The smallest absolute Gasteiger partial charge is 0.274 e. The van der Waals surface area contributed by atoms with E-state index in [0.717, 1.165) is 12.1 Å². The maximum absolute atomic E-state index is 13.7. The van der Waals surface area contributed by atoms with Crippen LogP contribution in [0.25, 0.3) is 0 Å². The topological polar surface area (TPSA) is 55.2 Å². The molecule has 0 saturated carbocycles. The summed E-state index contributed by atoms with van der Waals surface area (Å²) in [4.78, 5) is 10.4. The Morgan fingerprint density at radius 2 is 1.90 bits per heavy atom. The van der Waals surface area contributed by atoms with E-state index in [1.54, 1.807) is 12.1 Å². The minimum absolute atomic E-state index is 0.0247. The molecule has 0 atom stereocenters. The lowest BCUT2D eigenvalue weighted by Gasteiger charge is -2.10. The molecule has 1 N–H and O–H groups in total. The van der Waals surface area contributed by atoms with Crippen LogP contribution >= 0.6 is 31.9 Å². The molecule has 0 radical (unpaired) electrons. The highest BCUT2D eigenvalue weighted by Gasteiger charge is 2.15. The second-order valence-corrected chi connectivity index (χ2v) is 5.90. The zero-order chi connectivity index (χ0) is 15.6. The molecule has 0 fully saturated rings. The van der Waals surface area contributed by atoms with Crippen LogP contribution < -0.4 is 5.32 Å². The van der Waals surface area contributed by atoms with Gasteiger partial charge in [-0.3, -0.25) is 10.1 Å². The Hall–Kier alpha value is -1.54. The second kappa shape index (κ2) is 6.48. The van der Waals surface area contributed by atoms with Crippen molar-refractivity contribution in [2.45, 2.75) is 6.54 Å². The van der Waals surface area contributed by atoms with Crippen molar-refractivity contribution in [1.82, 2.24) is 0 Å². The molecule has 110 valence electrons. The largest absolute Gasteiger partial charge is 0.377 e. The zero-order valence-electron chi connectivity index (χ0n) is 10.4. The predicted octanol–water partition coefficient (Wildman–Crippen LogP) is 5.01. The molecule has 0 amide bonds. The third-order valence-corrected chi connectivity index (χ3v) is 3.82. The summed E-state index contributed by atoms with van der Waals surface area (Å²) >= 11 is 6.27. The summed E-state index contributed by atoms with van der Waals surface area (Å²) in [6.07, 6.45) is 0. The molecular weight excluding hydrogens is 414 g/mol. The Bertz CT molecular complexity index is 688. The Labute approximate surface area is 135 Å². The van der Waals surface area contributed by atoms with Gasteiger partial charge in [0.25, 0.3) is 5.69 Å². The molecule has 8 heteroatoms. The molecule has 4 nitrogen and oxygen atoms in total. The van der Waals surface area contributed by atoms with Gasteiger partial charge in [0.15, 0.2) is 0 Å². The van der Waals surface area contributed by atoms with Crippen molar-refractivity contribution in [3.05, 3.63) is 66.6 Å². The number of anilines is 1. The van der Waals surface area contributed by atoms with Crippen molar-refractivity contribution in [3.63, 3.8) is 0 Å². The van der Waals surface area contributed by atoms with Gasteiger partial charge in [-0.05, 0) is 34.1 Å². The van der Waals surface area contributed by atoms with Gasteiger partial charge in [-0.25, -0.2) is 8.78 Å². The van der Waals surface area contributed by atoms with Gasteiger partial charge < -0.3 is 5.32 Å². The Morgan fingerprint density at radius 3 is 2.52 bits per heavy atom. The van der Waals surface area contributed by atoms with Crippen LogP contribution in [-0.2, 0) is 6.54 Å². The molecule has 0 unspecified atom stereocenters. The molecule has 0 aliphatic rings. The number of nitro groups is 1. The van der Waals surface area contributed by atoms with E-state index in [4.69, 9.17) is 0 Å². The van der Waals surface area contributed by atoms with Gasteiger partial charge in [0.1, 0.15) is 11.6 Å². The lowest BCUT2D eigenvalue weighted by molar-refractivity contribution is -0.385. The predicted molar refractivity (Wildman–Crippen MR) is 82.2 cm³/mol. The lowest BCUT2D eigenvalue weighted by atomic mass is 10.1. The standard InChI is InChI=1S/C13H8Br2F2N2O2/c14-8-1-2-12(19(20)21)7(3-8)6-18-13-10(15)4-9(16)5-11(13)17/h1-5,18H,6H2. The quantitative estimate of drug-likeness (QED) is 0.557. The van der Waals surface area contributed by atoms with Gasteiger partial charge in [0, 0.05) is 33.2 Å². The van der Waals surface area contributed by atoms with Crippen LogP contribution in [0.3, 0.4) is 0 Å². The fourth-order valence-corrected chi connectivity index (χ4v) is 2.73. The summed E-state index contributed by atoms with van der Waals surface area (Å²) in [6, 6.07) is 6.33. The summed E-state index contributed by atoms with van der Waals surface area (Å²) in [5.41, 5.74) is 0.347. The van der Waals surface area contributed by atoms with E-state index in [9.17, 15) is 18.9 Å². The minimum atomic E-state index is -0.778. The first-order valence-corrected chi connectivity index (χ1v) is 7.28. The number of benzene rings is 2. The molecule has 21 heavy (non-hydrogen) atoms. The van der Waals surface area contributed by atoms with Crippen molar-refractivity contribution in [2.75, 3.05) is 5.32 Å².